The summed E-state index contributed by atoms with van der Waals surface area (Å²) >= 11 is 0. The van der Waals surface area contributed by atoms with Gasteiger partial charge < -0.3 is 14.4 Å². The predicted molar refractivity (Wildman–Crippen MR) is 94.6 cm³/mol. The van der Waals surface area contributed by atoms with E-state index in [1.165, 1.54) is 5.56 Å². The summed E-state index contributed by atoms with van der Waals surface area (Å²) in [6, 6.07) is 11.7. The Morgan fingerprint density at radius 1 is 1.12 bits per heavy atom. The Morgan fingerprint density at radius 3 is 2.68 bits per heavy atom. The molecule has 0 unspecified atom stereocenters. The van der Waals surface area contributed by atoms with Gasteiger partial charge in [0, 0.05) is 23.9 Å². The Labute approximate surface area is 146 Å². The fourth-order valence-electron chi connectivity index (χ4n) is 3.71. The van der Waals surface area contributed by atoms with Crippen LogP contribution in [0.15, 0.2) is 36.4 Å². The second-order valence-electron chi connectivity index (χ2n) is 6.48. The molecule has 1 fully saturated rings. The van der Waals surface area contributed by atoms with E-state index in [4.69, 9.17) is 9.47 Å². The Bertz CT molecular complexity index is 821. The molecule has 2 aromatic rings. The Hall–Kier alpha value is -2.76. The maximum atomic E-state index is 11.0. The van der Waals surface area contributed by atoms with Crippen molar-refractivity contribution in [2.24, 2.45) is 0 Å². The summed E-state index contributed by atoms with van der Waals surface area (Å²) in [7, 11) is 0. The first-order valence-corrected chi connectivity index (χ1v) is 8.55. The topological polar surface area (TPSA) is 64.8 Å². The summed E-state index contributed by atoms with van der Waals surface area (Å²) in [5, 5.41) is 11.0. The van der Waals surface area contributed by atoms with Crippen molar-refractivity contribution in [1.82, 2.24) is 0 Å². The van der Waals surface area contributed by atoms with Crippen LogP contribution in [0.5, 0.6) is 11.5 Å². The minimum atomic E-state index is -0.332. The summed E-state index contributed by atoms with van der Waals surface area (Å²) in [6.07, 6.45) is 2.14. The molecule has 130 valence electrons. The number of fused-ring (bicyclic) bond motifs is 1. The van der Waals surface area contributed by atoms with Gasteiger partial charge in [-0.05, 0) is 49.6 Å². The Kier molecular flexibility index (Phi) is 3.95. The molecule has 0 saturated carbocycles. The number of ether oxygens (including phenoxy) is 2. The van der Waals surface area contributed by atoms with E-state index in [9.17, 15) is 10.1 Å². The quantitative estimate of drug-likeness (QED) is 0.624. The number of hydrogen-bond acceptors (Lipinski definition) is 5. The maximum Gasteiger partial charge on any atom is 0.272 e. The molecule has 4 rings (SSSR count). The molecule has 1 atom stereocenters. The van der Waals surface area contributed by atoms with Crippen molar-refractivity contribution in [3.8, 4) is 11.5 Å². The van der Waals surface area contributed by atoms with Crippen molar-refractivity contribution < 1.29 is 14.4 Å². The van der Waals surface area contributed by atoms with Gasteiger partial charge in [-0.25, -0.2) is 0 Å². The van der Waals surface area contributed by atoms with Crippen LogP contribution in [-0.2, 0) is 0 Å². The minimum Gasteiger partial charge on any atom is -0.486 e. The monoisotopic (exact) mass is 340 g/mol. The van der Waals surface area contributed by atoms with Gasteiger partial charge in [-0.3, -0.25) is 10.1 Å². The van der Waals surface area contributed by atoms with Gasteiger partial charge in [-0.2, -0.15) is 0 Å². The average molecular weight is 340 g/mol. The molecule has 2 heterocycles. The van der Waals surface area contributed by atoms with Gasteiger partial charge in [-0.15, -0.1) is 0 Å². The molecular formula is C19H20N2O4. The van der Waals surface area contributed by atoms with E-state index in [0.29, 0.717) is 18.8 Å². The van der Waals surface area contributed by atoms with Crippen molar-refractivity contribution >= 4 is 11.4 Å². The van der Waals surface area contributed by atoms with E-state index in [1.54, 1.807) is 13.0 Å². The first-order valence-electron chi connectivity index (χ1n) is 8.55. The predicted octanol–water partition coefficient (Wildman–Crippen LogP) is 4.02. The van der Waals surface area contributed by atoms with Gasteiger partial charge in [0.05, 0.1) is 11.0 Å². The van der Waals surface area contributed by atoms with Crippen molar-refractivity contribution in [2.75, 3.05) is 24.7 Å². The highest BCUT2D eigenvalue weighted by Gasteiger charge is 2.28. The van der Waals surface area contributed by atoms with Crippen LogP contribution in [0.25, 0.3) is 0 Å². The molecule has 0 spiro atoms. The van der Waals surface area contributed by atoms with E-state index in [1.807, 2.05) is 18.2 Å². The Balaban J connectivity index is 1.64. The van der Waals surface area contributed by atoms with Gasteiger partial charge in [0.25, 0.3) is 5.69 Å². The molecule has 0 amide bonds. The molecule has 1 saturated heterocycles. The van der Waals surface area contributed by atoms with Crippen LogP contribution in [0, 0.1) is 17.0 Å². The molecule has 0 aliphatic carbocycles. The zero-order valence-electron chi connectivity index (χ0n) is 14.1. The van der Waals surface area contributed by atoms with Crippen molar-refractivity contribution in [2.45, 2.75) is 25.8 Å². The number of nitro benzene ring substituents is 1. The van der Waals surface area contributed by atoms with Crippen molar-refractivity contribution in [3.63, 3.8) is 0 Å². The largest absolute Gasteiger partial charge is 0.486 e. The third kappa shape index (κ3) is 2.88. The van der Waals surface area contributed by atoms with E-state index >= 15 is 0 Å². The van der Waals surface area contributed by atoms with Crippen LogP contribution in [-0.4, -0.2) is 24.7 Å². The molecule has 6 heteroatoms. The first-order chi connectivity index (χ1) is 12.1. The normalized spacial score (nSPS) is 19.1. The molecule has 0 bridgehead atoms. The number of benzene rings is 2. The zero-order valence-corrected chi connectivity index (χ0v) is 14.1. The van der Waals surface area contributed by atoms with Crippen molar-refractivity contribution in [3.05, 3.63) is 57.6 Å². The highest BCUT2D eigenvalue weighted by atomic mass is 16.6. The number of rotatable bonds is 3. The van der Waals surface area contributed by atoms with Crippen LogP contribution in [0.2, 0.25) is 0 Å². The highest BCUT2D eigenvalue weighted by molar-refractivity contribution is 5.58. The number of hydrogen-bond donors (Lipinski definition) is 0. The molecular weight excluding hydrogens is 320 g/mol. The maximum absolute atomic E-state index is 11.0. The minimum absolute atomic E-state index is 0.166. The van der Waals surface area contributed by atoms with Gasteiger partial charge in [0.2, 0.25) is 0 Å². The van der Waals surface area contributed by atoms with Gasteiger partial charge in [0.1, 0.15) is 13.2 Å². The second-order valence-corrected chi connectivity index (χ2v) is 6.48. The molecule has 25 heavy (non-hydrogen) atoms. The number of nitro groups is 1. The van der Waals surface area contributed by atoms with E-state index in [0.717, 1.165) is 36.6 Å². The number of nitrogens with zero attached hydrogens (tertiary/aromatic N) is 2. The fraction of sp³-hybridized carbons (Fsp3) is 0.368. The summed E-state index contributed by atoms with van der Waals surface area (Å²) in [5.41, 5.74) is 3.08. The van der Waals surface area contributed by atoms with E-state index < -0.39 is 0 Å². The molecule has 6 nitrogen and oxygen atoms in total. The second kappa shape index (κ2) is 6.27. The standard InChI is InChI=1S/C19H20N2O4/c1-13-11-15(5-6-16(13)21(22)23)20-8-2-3-17(20)14-4-7-18-19(12-14)25-10-9-24-18/h4-7,11-12,17H,2-3,8-10H2,1H3/t17-/m0/s1. The lowest BCUT2D eigenvalue weighted by Crippen LogP contribution is -2.23. The summed E-state index contributed by atoms with van der Waals surface area (Å²) in [4.78, 5) is 13.0. The lowest BCUT2D eigenvalue weighted by molar-refractivity contribution is -0.385. The molecule has 2 aromatic carbocycles. The van der Waals surface area contributed by atoms with Gasteiger partial charge >= 0.3 is 0 Å². The summed E-state index contributed by atoms with van der Waals surface area (Å²) in [6.45, 7) is 3.89. The molecule has 0 radical (unpaired) electrons. The lowest BCUT2D eigenvalue weighted by atomic mass is 10.0. The van der Waals surface area contributed by atoms with Crippen LogP contribution in [0.1, 0.15) is 30.0 Å². The molecule has 2 aliphatic heterocycles. The van der Waals surface area contributed by atoms with Crippen LogP contribution in [0.3, 0.4) is 0 Å². The van der Waals surface area contributed by atoms with Crippen LogP contribution in [0.4, 0.5) is 11.4 Å². The Morgan fingerprint density at radius 2 is 1.92 bits per heavy atom. The van der Waals surface area contributed by atoms with E-state index in [-0.39, 0.29) is 16.7 Å². The third-order valence-electron chi connectivity index (χ3n) is 4.91. The van der Waals surface area contributed by atoms with Crippen LogP contribution < -0.4 is 14.4 Å². The zero-order chi connectivity index (χ0) is 17.4. The van der Waals surface area contributed by atoms with E-state index in [2.05, 4.69) is 17.0 Å². The summed E-state index contributed by atoms with van der Waals surface area (Å²) < 4.78 is 11.3. The van der Waals surface area contributed by atoms with Crippen molar-refractivity contribution in [1.29, 1.82) is 0 Å². The molecule has 0 aromatic heterocycles. The van der Waals surface area contributed by atoms with Gasteiger partial charge in [0.15, 0.2) is 11.5 Å². The van der Waals surface area contributed by atoms with Gasteiger partial charge in [-0.1, -0.05) is 6.07 Å². The lowest BCUT2D eigenvalue weighted by Gasteiger charge is -2.28. The molecule has 2 aliphatic rings. The third-order valence-corrected chi connectivity index (χ3v) is 4.91. The molecule has 0 N–H and O–H groups in total. The number of aryl methyl sites for hydroxylation is 1. The fourth-order valence-corrected chi connectivity index (χ4v) is 3.71. The number of anilines is 1. The summed E-state index contributed by atoms with van der Waals surface area (Å²) in [5.74, 6) is 1.60. The first kappa shape index (κ1) is 15.7. The SMILES string of the molecule is Cc1cc(N2CCC[C@H]2c2ccc3c(c2)OCCO3)ccc1[N+](=O)[O-]. The highest BCUT2D eigenvalue weighted by Crippen LogP contribution is 2.40. The smallest absolute Gasteiger partial charge is 0.272 e. The average Bonchev–Trinajstić information content (AvgIpc) is 3.10. The van der Waals surface area contributed by atoms with Crippen LogP contribution >= 0.6 is 0 Å².